The Kier molecular flexibility index (Phi) is 1.88. The van der Waals surface area contributed by atoms with Crippen LogP contribution >= 0.6 is 11.6 Å². The molecule has 0 atom stereocenters. The Hall–Kier alpha value is -1.22. The zero-order chi connectivity index (χ0) is 9.42. The van der Waals surface area contributed by atoms with Gasteiger partial charge in [-0.05, 0) is 24.1 Å². The van der Waals surface area contributed by atoms with Crippen LogP contribution in [-0.4, -0.2) is 17.6 Å². The Morgan fingerprint density at radius 2 is 2.31 bits per heavy atom. The van der Waals surface area contributed by atoms with Crippen LogP contribution in [-0.2, 0) is 6.42 Å². The van der Waals surface area contributed by atoms with E-state index in [1.54, 1.807) is 12.1 Å². The van der Waals surface area contributed by atoms with Gasteiger partial charge >= 0.3 is 5.97 Å². The van der Waals surface area contributed by atoms with E-state index in [1.807, 2.05) is 0 Å². The molecule has 0 bridgehead atoms. The molecule has 13 heavy (non-hydrogen) atoms. The van der Waals surface area contributed by atoms with Crippen LogP contribution in [0.15, 0.2) is 12.1 Å². The molecule has 1 aromatic rings. The molecule has 0 fully saturated rings. The van der Waals surface area contributed by atoms with E-state index in [9.17, 15) is 4.79 Å². The quantitative estimate of drug-likeness (QED) is 0.724. The van der Waals surface area contributed by atoms with Crippen molar-refractivity contribution in [3.63, 3.8) is 0 Å². The molecule has 0 aliphatic carbocycles. The third-order valence-electron chi connectivity index (χ3n) is 2.13. The first-order valence-electron chi connectivity index (χ1n) is 3.98. The van der Waals surface area contributed by atoms with Crippen molar-refractivity contribution in [2.24, 2.45) is 0 Å². The summed E-state index contributed by atoms with van der Waals surface area (Å²) in [5.41, 5.74) is 2.17. The van der Waals surface area contributed by atoms with Gasteiger partial charge in [-0.3, -0.25) is 0 Å². The van der Waals surface area contributed by atoms with E-state index in [4.69, 9.17) is 16.7 Å². The van der Waals surface area contributed by atoms with Gasteiger partial charge in [0.05, 0.1) is 10.6 Å². The highest BCUT2D eigenvalue weighted by Crippen LogP contribution is 2.28. The van der Waals surface area contributed by atoms with Crippen LogP contribution < -0.4 is 5.32 Å². The van der Waals surface area contributed by atoms with Crippen LogP contribution in [0, 0.1) is 0 Å². The van der Waals surface area contributed by atoms with E-state index < -0.39 is 5.97 Å². The van der Waals surface area contributed by atoms with Gasteiger partial charge in [-0.2, -0.15) is 0 Å². The summed E-state index contributed by atoms with van der Waals surface area (Å²) in [6, 6.07) is 3.31. The smallest absolute Gasteiger partial charge is 0.337 e. The Balaban J connectivity index is 2.55. The van der Waals surface area contributed by atoms with Gasteiger partial charge in [0.25, 0.3) is 0 Å². The summed E-state index contributed by atoms with van der Waals surface area (Å²) in [5.74, 6) is -0.972. The molecule has 0 spiro atoms. The summed E-state index contributed by atoms with van der Waals surface area (Å²) in [6.45, 7) is 0.856. The molecule has 0 saturated carbocycles. The van der Waals surface area contributed by atoms with Crippen molar-refractivity contribution in [3.05, 3.63) is 28.3 Å². The largest absolute Gasteiger partial charge is 0.478 e. The topological polar surface area (TPSA) is 49.3 Å². The standard InChI is InChI=1S/C9H8ClNO2/c10-7-4-8-5(1-2-11-8)3-6(7)9(12)13/h3-4,11H,1-2H2,(H,12,13). The van der Waals surface area contributed by atoms with Crippen LogP contribution in [0.1, 0.15) is 15.9 Å². The summed E-state index contributed by atoms with van der Waals surface area (Å²) >= 11 is 5.78. The lowest BCUT2D eigenvalue weighted by Crippen LogP contribution is -1.98. The average molecular weight is 198 g/mol. The van der Waals surface area contributed by atoms with Crippen LogP contribution in [0.4, 0.5) is 5.69 Å². The number of carboxylic acid groups (broad SMARTS) is 1. The molecule has 4 heteroatoms. The van der Waals surface area contributed by atoms with E-state index >= 15 is 0 Å². The van der Waals surface area contributed by atoms with E-state index in [-0.39, 0.29) is 5.56 Å². The number of halogens is 1. The first-order valence-corrected chi connectivity index (χ1v) is 4.36. The fraction of sp³-hybridized carbons (Fsp3) is 0.222. The number of anilines is 1. The minimum Gasteiger partial charge on any atom is -0.478 e. The second-order valence-electron chi connectivity index (χ2n) is 2.97. The number of carbonyl (C=O) groups is 1. The molecule has 0 aromatic heterocycles. The highest BCUT2D eigenvalue weighted by Gasteiger charge is 2.16. The minimum atomic E-state index is -0.972. The van der Waals surface area contributed by atoms with Crippen LogP contribution in [0.5, 0.6) is 0 Å². The number of carboxylic acids is 1. The van der Waals surface area contributed by atoms with Crippen molar-refractivity contribution in [1.29, 1.82) is 0 Å². The third kappa shape index (κ3) is 1.35. The number of hydrogen-bond acceptors (Lipinski definition) is 2. The maximum Gasteiger partial charge on any atom is 0.337 e. The molecule has 1 aliphatic rings. The predicted molar refractivity (Wildman–Crippen MR) is 50.6 cm³/mol. The van der Waals surface area contributed by atoms with Crippen molar-refractivity contribution < 1.29 is 9.90 Å². The number of benzene rings is 1. The fourth-order valence-corrected chi connectivity index (χ4v) is 1.73. The van der Waals surface area contributed by atoms with E-state index in [0.717, 1.165) is 24.2 Å². The molecule has 68 valence electrons. The van der Waals surface area contributed by atoms with Crippen molar-refractivity contribution in [2.45, 2.75) is 6.42 Å². The van der Waals surface area contributed by atoms with Crippen LogP contribution in [0.3, 0.4) is 0 Å². The SMILES string of the molecule is O=C(O)c1cc2c(cc1Cl)NCC2. The van der Waals surface area contributed by atoms with Gasteiger partial charge in [-0.25, -0.2) is 4.79 Å². The Morgan fingerprint density at radius 1 is 1.54 bits per heavy atom. The molecule has 2 N–H and O–H groups in total. The zero-order valence-corrected chi connectivity index (χ0v) is 7.56. The van der Waals surface area contributed by atoms with Crippen molar-refractivity contribution in [2.75, 3.05) is 11.9 Å². The normalized spacial score (nSPS) is 13.6. The summed E-state index contributed by atoms with van der Waals surface area (Å²) in [5, 5.41) is 12.2. The molecular weight excluding hydrogens is 190 g/mol. The van der Waals surface area contributed by atoms with Crippen LogP contribution in [0.2, 0.25) is 5.02 Å². The highest BCUT2D eigenvalue weighted by molar-refractivity contribution is 6.33. The zero-order valence-electron chi connectivity index (χ0n) is 6.80. The molecule has 0 radical (unpaired) electrons. The van der Waals surface area contributed by atoms with E-state index in [0.29, 0.717) is 5.02 Å². The first kappa shape index (κ1) is 8.38. The van der Waals surface area contributed by atoms with E-state index in [1.165, 1.54) is 0 Å². The lowest BCUT2D eigenvalue weighted by Gasteiger charge is -2.03. The van der Waals surface area contributed by atoms with Crippen molar-refractivity contribution in [3.8, 4) is 0 Å². The molecule has 3 nitrogen and oxygen atoms in total. The van der Waals surface area contributed by atoms with Gasteiger partial charge in [0.15, 0.2) is 0 Å². The number of rotatable bonds is 1. The van der Waals surface area contributed by atoms with E-state index in [2.05, 4.69) is 5.32 Å². The predicted octanol–water partition coefficient (Wildman–Crippen LogP) is 2.01. The molecule has 0 saturated heterocycles. The van der Waals surface area contributed by atoms with Crippen LogP contribution in [0.25, 0.3) is 0 Å². The third-order valence-corrected chi connectivity index (χ3v) is 2.45. The van der Waals surface area contributed by atoms with Crippen molar-refractivity contribution >= 4 is 23.3 Å². The van der Waals surface area contributed by atoms with Gasteiger partial charge < -0.3 is 10.4 Å². The summed E-state index contributed by atoms with van der Waals surface area (Å²) in [6.07, 6.45) is 0.868. The number of aromatic carboxylic acids is 1. The molecule has 0 amide bonds. The van der Waals surface area contributed by atoms with Gasteiger partial charge in [0, 0.05) is 12.2 Å². The second kappa shape index (κ2) is 2.92. The van der Waals surface area contributed by atoms with Crippen molar-refractivity contribution in [1.82, 2.24) is 0 Å². The Morgan fingerprint density at radius 3 is 3.00 bits per heavy atom. The Labute approximate surface area is 80.3 Å². The van der Waals surface area contributed by atoms with Gasteiger partial charge in [0.1, 0.15) is 0 Å². The van der Waals surface area contributed by atoms with Gasteiger partial charge in [0.2, 0.25) is 0 Å². The number of fused-ring (bicyclic) bond motifs is 1. The lowest BCUT2D eigenvalue weighted by atomic mass is 10.1. The maximum absolute atomic E-state index is 10.7. The first-order chi connectivity index (χ1) is 6.18. The van der Waals surface area contributed by atoms with Gasteiger partial charge in [-0.15, -0.1) is 0 Å². The molecule has 1 aliphatic heterocycles. The number of nitrogens with one attached hydrogen (secondary N) is 1. The molecular formula is C9H8ClNO2. The molecule has 1 heterocycles. The number of hydrogen-bond donors (Lipinski definition) is 2. The second-order valence-corrected chi connectivity index (χ2v) is 3.38. The summed E-state index contributed by atoms with van der Waals surface area (Å²) in [4.78, 5) is 10.7. The maximum atomic E-state index is 10.7. The molecule has 0 unspecified atom stereocenters. The summed E-state index contributed by atoms with van der Waals surface area (Å²) < 4.78 is 0. The molecule has 2 rings (SSSR count). The minimum absolute atomic E-state index is 0.184. The summed E-state index contributed by atoms with van der Waals surface area (Å²) in [7, 11) is 0. The Bertz CT molecular complexity index is 376. The average Bonchev–Trinajstić information content (AvgIpc) is 2.48. The van der Waals surface area contributed by atoms with Gasteiger partial charge in [-0.1, -0.05) is 11.6 Å². The fourth-order valence-electron chi connectivity index (χ4n) is 1.49. The highest BCUT2D eigenvalue weighted by atomic mass is 35.5. The lowest BCUT2D eigenvalue weighted by molar-refractivity contribution is 0.0697. The molecule has 1 aromatic carbocycles. The monoisotopic (exact) mass is 197 g/mol.